The number of hydrogen-bond acceptors (Lipinski definition) is 4. The summed E-state index contributed by atoms with van der Waals surface area (Å²) in [5.74, 6) is -0.734. The number of nitrogens with one attached hydrogen (secondary N) is 1. The van der Waals surface area contributed by atoms with Gasteiger partial charge in [-0.3, -0.25) is 0 Å². The zero-order chi connectivity index (χ0) is 13.1. The molecular formula is C13H13N3O2. The summed E-state index contributed by atoms with van der Waals surface area (Å²) in [7, 11) is 0. The molecule has 0 saturated carbocycles. The second-order valence-electron chi connectivity index (χ2n) is 3.93. The van der Waals surface area contributed by atoms with Gasteiger partial charge in [0.15, 0.2) is 11.5 Å². The first-order valence-corrected chi connectivity index (χ1v) is 5.40. The average molecular weight is 243 g/mol. The Morgan fingerprint density at radius 1 is 1.33 bits per heavy atom. The lowest BCUT2D eigenvalue weighted by atomic mass is 10.2. The van der Waals surface area contributed by atoms with Gasteiger partial charge in [-0.05, 0) is 36.8 Å². The highest BCUT2D eigenvalue weighted by atomic mass is 16.4. The Labute approximate surface area is 104 Å². The van der Waals surface area contributed by atoms with Crippen molar-refractivity contribution in [2.24, 2.45) is 0 Å². The molecule has 1 aromatic heterocycles. The molecular weight excluding hydrogens is 230 g/mol. The van der Waals surface area contributed by atoms with E-state index < -0.39 is 5.97 Å². The van der Waals surface area contributed by atoms with E-state index in [-0.39, 0.29) is 5.69 Å². The molecule has 0 aliphatic rings. The van der Waals surface area contributed by atoms with Gasteiger partial charge in [-0.25, -0.2) is 9.78 Å². The van der Waals surface area contributed by atoms with E-state index in [1.165, 1.54) is 12.1 Å². The maximum Gasteiger partial charge on any atom is 0.354 e. The maximum atomic E-state index is 10.8. The van der Waals surface area contributed by atoms with Gasteiger partial charge in [0.2, 0.25) is 0 Å². The molecule has 0 unspecified atom stereocenters. The third-order valence-corrected chi connectivity index (χ3v) is 2.43. The molecule has 0 atom stereocenters. The van der Waals surface area contributed by atoms with Gasteiger partial charge in [-0.2, -0.15) is 0 Å². The number of carboxylic acid groups (broad SMARTS) is 1. The van der Waals surface area contributed by atoms with Crippen LogP contribution in [0.3, 0.4) is 0 Å². The molecule has 5 nitrogen and oxygen atoms in total. The van der Waals surface area contributed by atoms with E-state index >= 15 is 0 Å². The molecule has 5 heteroatoms. The maximum absolute atomic E-state index is 10.8. The van der Waals surface area contributed by atoms with Crippen molar-refractivity contribution in [1.29, 1.82) is 0 Å². The Balaban J connectivity index is 2.33. The predicted octanol–water partition coefficient (Wildman–Crippen LogP) is 2.41. The normalized spacial score (nSPS) is 10.1. The van der Waals surface area contributed by atoms with Crippen molar-refractivity contribution >= 4 is 23.2 Å². The summed E-state index contributed by atoms with van der Waals surface area (Å²) in [6, 6.07) is 10.5. The SMILES string of the molecule is Cc1cccc(Nc2nc(C(=O)O)ccc2N)c1. The highest BCUT2D eigenvalue weighted by Gasteiger charge is 2.08. The van der Waals surface area contributed by atoms with Crippen molar-refractivity contribution in [3.05, 3.63) is 47.7 Å². The molecule has 0 fully saturated rings. The summed E-state index contributed by atoms with van der Waals surface area (Å²) in [6.45, 7) is 1.97. The van der Waals surface area contributed by atoms with Crippen molar-refractivity contribution in [3.63, 3.8) is 0 Å². The molecule has 4 N–H and O–H groups in total. The Morgan fingerprint density at radius 2 is 2.11 bits per heavy atom. The molecule has 0 spiro atoms. The van der Waals surface area contributed by atoms with E-state index in [2.05, 4.69) is 10.3 Å². The number of carboxylic acids is 1. The number of nitrogens with zero attached hydrogens (tertiary/aromatic N) is 1. The zero-order valence-electron chi connectivity index (χ0n) is 9.84. The number of rotatable bonds is 3. The summed E-state index contributed by atoms with van der Waals surface area (Å²) in [5, 5.41) is 11.9. The standard InChI is InChI=1S/C13H13N3O2/c1-8-3-2-4-9(7-8)15-12-10(14)5-6-11(16-12)13(17)18/h2-7H,14H2,1H3,(H,15,16)(H,17,18). The van der Waals surface area contributed by atoms with Crippen LogP contribution in [0.4, 0.5) is 17.2 Å². The number of nitrogen functional groups attached to an aromatic ring is 1. The van der Waals surface area contributed by atoms with Gasteiger partial charge in [0.25, 0.3) is 0 Å². The molecule has 0 bridgehead atoms. The van der Waals surface area contributed by atoms with Crippen molar-refractivity contribution in [2.45, 2.75) is 6.92 Å². The Bertz CT molecular complexity index is 597. The molecule has 0 saturated heterocycles. The summed E-state index contributed by atoms with van der Waals surface area (Å²) in [5.41, 5.74) is 8.03. The summed E-state index contributed by atoms with van der Waals surface area (Å²) in [6.07, 6.45) is 0. The van der Waals surface area contributed by atoms with E-state index in [4.69, 9.17) is 10.8 Å². The lowest BCUT2D eigenvalue weighted by Crippen LogP contribution is -2.05. The number of benzene rings is 1. The second-order valence-corrected chi connectivity index (χ2v) is 3.93. The van der Waals surface area contributed by atoms with Crippen LogP contribution in [-0.4, -0.2) is 16.1 Å². The minimum atomic E-state index is -1.08. The first-order chi connectivity index (χ1) is 8.56. The molecule has 0 amide bonds. The minimum Gasteiger partial charge on any atom is -0.477 e. The van der Waals surface area contributed by atoms with Crippen LogP contribution in [0.2, 0.25) is 0 Å². The molecule has 0 radical (unpaired) electrons. The van der Waals surface area contributed by atoms with Crippen LogP contribution in [0, 0.1) is 6.92 Å². The molecule has 0 aliphatic heterocycles. The molecule has 2 rings (SSSR count). The van der Waals surface area contributed by atoms with E-state index in [9.17, 15) is 4.79 Å². The number of aromatic carboxylic acids is 1. The number of carbonyl (C=O) groups is 1. The van der Waals surface area contributed by atoms with Crippen molar-refractivity contribution in [1.82, 2.24) is 4.98 Å². The fraction of sp³-hybridized carbons (Fsp3) is 0.0769. The third-order valence-electron chi connectivity index (χ3n) is 2.43. The number of hydrogen-bond donors (Lipinski definition) is 3. The van der Waals surface area contributed by atoms with Gasteiger partial charge in [0.05, 0.1) is 5.69 Å². The van der Waals surface area contributed by atoms with E-state index in [1.807, 2.05) is 31.2 Å². The lowest BCUT2D eigenvalue weighted by Gasteiger charge is -2.09. The third kappa shape index (κ3) is 2.57. The average Bonchev–Trinajstić information content (AvgIpc) is 2.31. The Kier molecular flexibility index (Phi) is 3.14. The number of anilines is 3. The van der Waals surface area contributed by atoms with E-state index in [1.54, 1.807) is 0 Å². The van der Waals surface area contributed by atoms with Gasteiger partial charge in [-0.1, -0.05) is 12.1 Å². The van der Waals surface area contributed by atoms with Gasteiger partial charge >= 0.3 is 5.97 Å². The number of aryl methyl sites for hydroxylation is 1. The molecule has 1 heterocycles. The first kappa shape index (κ1) is 11.9. The first-order valence-electron chi connectivity index (χ1n) is 5.40. The van der Waals surface area contributed by atoms with Gasteiger partial charge in [-0.15, -0.1) is 0 Å². The van der Waals surface area contributed by atoms with E-state index in [0.29, 0.717) is 11.5 Å². The fourth-order valence-electron chi connectivity index (χ4n) is 1.55. The van der Waals surface area contributed by atoms with Crippen LogP contribution < -0.4 is 11.1 Å². The van der Waals surface area contributed by atoms with Gasteiger partial charge in [0, 0.05) is 5.69 Å². The number of nitrogens with two attached hydrogens (primary N) is 1. The largest absolute Gasteiger partial charge is 0.477 e. The monoisotopic (exact) mass is 243 g/mol. The summed E-state index contributed by atoms with van der Waals surface area (Å²) in [4.78, 5) is 14.8. The van der Waals surface area contributed by atoms with Crippen LogP contribution >= 0.6 is 0 Å². The molecule has 92 valence electrons. The predicted molar refractivity (Wildman–Crippen MR) is 70.1 cm³/mol. The topological polar surface area (TPSA) is 88.2 Å². The Hall–Kier alpha value is -2.56. The van der Waals surface area contributed by atoms with Gasteiger partial charge < -0.3 is 16.2 Å². The van der Waals surface area contributed by atoms with Crippen molar-refractivity contribution in [3.8, 4) is 0 Å². The number of pyridine rings is 1. The van der Waals surface area contributed by atoms with Crippen LogP contribution in [-0.2, 0) is 0 Å². The smallest absolute Gasteiger partial charge is 0.354 e. The molecule has 1 aromatic carbocycles. The molecule has 2 aromatic rings. The zero-order valence-corrected chi connectivity index (χ0v) is 9.84. The molecule has 0 aliphatic carbocycles. The van der Waals surface area contributed by atoms with Crippen LogP contribution in [0.25, 0.3) is 0 Å². The second kappa shape index (κ2) is 4.75. The minimum absolute atomic E-state index is 0.0423. The van der Waals surface area contributed by atoms with Crippen molar-refractivity contribution in [2.75, 3.05) is 11.1 Å². The molecule has 18 heavy (non-hydrogen) atoms. The van der Waals surface area contributed by atoms with Crippen LogP contribution in [0.5, 0.6) is 0 Å². The quantitative estimate of drug-likeness (QED) is 0.770. The highest BCUT2D eigenvalue weighted by molar-refractivity contribution is 5.87. The van der Waals surface area contributed by atoms with Gasteiger partial charge in [0.1, 0.15) is 0 Å². The summed E-state index contributed by atoms with van der Waals surface area (Å²) >= 11 is 0. The van der Waals surface area contributed by atoms with Crippen molar-refractivity contribution < 1.29 is 9.90 Å². The highest BCUT2D eigenvalue weighted by Crippen LogP contribution is 2.21. The Morgan fingerprint density at radius 3 is 2.78 bits per heavy atom. The lowest BCUT2D eigenvalue weighted by molar-refractivity contribution is 0.0690. The van der Waals surface area contributed by atoms with E-state index in [0.717, 1.165) is 11.3 Å². The summed E-state index contributed by atoms with van der Waals surface area (Å²) < 4.78 is 0. The van der Waals surface area contributed by atoms with Crippen LogP contribution in [0.15, 0.2) is 36.4 Å². The fourth-order valence-corrected chi connectivity index (χ4v) is 1.55. The number of aromatic nitrogens is 1. The van der Waals surface area contributed by atoms with Crippen LogP contribution in [0.1, 0.15) is 16.1 Å².